The number of aliphatic hydroxyl groups excluding tert-OH is 1. The maximum absolute atomic E-state index is 14.5. The van der Waals surface area contributed by atoms with Gasteiger partial charge in [-0.3, -0.25) is 0 Å². The molecular formula is C24H27FN2O2. The summed E-state index contributed by atoms with van der Waals surface area (Å²) in [6, 6.07) is 9.43. The number of benzene rings is 1. The lowest BCUT2D eigenvalue weighted by Crippen LogP contribution is -2.22. The fourth-order valence-electron chi connectivity index (χ4n) is 5.02. The summed E-state index contributed by atoms with van der Waals surface area (Å²) in [5.41, 5.74) is 4.08. The lowest BCUT2D eigenvalue weighted by molar-refractivity contribution is 0.0752. The Kier molecular flexibility index (Phi) is 4.78. The van der Waals surface area contributed by atoms with E-state index in [1.54, 1.807) is 7.11 Å². The normalized spacial score (nSPS) is 23.3. The second-order valence-electron chi connectivity index (χ2n) is 8.58. The SMILES string of the molecule is COc1ccc([C@H]2CC[C@H]([C@@H](O)c3c(C4CC4)ccc4cncn34)CC2)c(F)c1. The Morgan fingerprint density at radius 3 is 2.41 bits per heavy atom. The fraction of sp³-hybridized carbons (Fsp3) is 0.458. The molecule has 0 saturated heterocycles. The van der Waals surface area contributed by atoms with E-state index in [1.165, 1.54) is 24.5 Å². The van der Waals surface area contributed by atoms with Crippen LogP contribution in [0.5, 0.6) is 5.75 Å². The molecule has 0 bridgehead atoms. The molecule has 29 heavy (non-hydrogen) atoms. The standard InChI is InChI=1S/C24H27FN2O2/c1-29-19-9-11-20(22(25)12-19)15-4-6-17(7-5-15)24(28)23-21(16-2-3-16)10-8-18-13-26-14-27(18)23/h8-17,24,28H,2-7H2,1H3/t15-,17-,24-/m1/s1. The van der Waals surface area contributed by atoms with Crippen LogP contribution in [0.4, 0.5) is 4.39 Å². The summed E-state index contributed by atoms with van der Waals surface area (Å²) in [5, 5.41) is 11.4. The van der Waals surface area contributed by atoms with Gasteiger partial charge in [0, 0.05) is 6.07 Å². The van der Waals surface area contributed by atoms with Crippen molar-refractivity contribution in [2.75, 3.05) is 7.11 Å². The van der Waals surface area contributed by atoms with Gasteiger partial charge in [-0.15, -0.1) is 0 Å². The molecule has 0 unspecified atom stereocenters. The number of methoxy groups -OCH3 is 1. The third-order valence-electron chi connectivity index (χ3n) is 6.82. The van der Waals surface area contributed by atoms with Gasteiger partial charge in [0.1, 0.15) is 11.6 Å². The van der Waals surface area contributed by atoms with Crippen LogP contribution in [0.2, 0.25) is 0 Å². The number of ether oxygens (including phenoxy) is 1. The molecule has 2 aromatic heterocycles. The Morgan fingerprint density at radius 1 is 1.03 bits per heavy atom. The molecule has 4 nitrogen and oxygen atoms in total. The number of rotatable bonds is 5. The number of fused-ring (bicyclic) bond motifs is 1. The molecule has 2 aliphatic carbocycles. The van der Waals surface area contributed by atoms with Gasteiger partial charge in [0.05, 0.1) is 36.9 Å². The van der Waals surface area contributed by atoms with Crippen molar-refractivity contribution < 1.29 is 14.2 Å². The zero-order valence-corrected chi connectivity index (χ0v) is 16.7. The highest BCUT2D eigenvalue weighted by Crippen LogP contribution is 2.47. The minimum absolute atomic E-state index is 0.187. The molecule has 2 fully saturated rings. The van der Waals surface area contributed by atoms with Gasteiger partial charge >= 0.3 is 0 Å². The Labute approximate surface area is 170 Å². The number of hydrogen-bond acceptors (Lipinski definition) is 3. The molecule has 0 aliphatic heterocycles. The van der Waals surface area contributed by atoms with Crippen molar-refractivity contribution in [3.05, 3.63) is 65.5 Å². The van der Waals surface area contributed by atoms with Gasteiger partial charge in [-0.05, 0) is 79.5 Å². The molecule has 1 aromatic carbocycles. The van der Waals surface area contributed by atoms with Gasteiger partial charge in [0.15, 0.2) is 0 Å². The van der Waals surface area contributed by atoms with E-state index in [2.05, 4.69) is 21.5 Å². The summed E-state index contributed by atoms with van der Waals surface area (Å²) in [6.07, 6.45) is 9.12. The molecule has 0 radical (unpaired) electrons. The average molecular weight is 394 g/mol. The highest BCUT2D eigenvalue weighted by molar-refractivity contribution is 5.50. The zero-order chi connectivity index (χ0) is 20.0. The highest BCUT2D eigenvalue weighted by Gasteiger charge is 2.34. The predicted molar refractivity (Wildman–Crippen MR) is 110 cm³/mol. The monoisotopic (exact) mass is 394 g/mol. The Hall–Kier alpha value is -2.40. The van der Waals surface area contributed by atoms with Gasteiger partial charge < -0.3 is 14.2 Å². The Morgan fingerprint density at radius 2 is 1.72 bits per heavy atom. The summed E-state index contributed by atoms with van der Waals surface area (Å²) in [4.78, 5) is 4.29. The largest absolute Gasteiger partial charge is 0.497 e. The molecule has 5 heteroatoms. The van der Waals surface area contributed by atoms with Crippen molar-refractivity contribution >= 4 is 5.52 Å². The number of aliphatic hydroxyl groups is 1. The summed E-state index contributed by atoms with van der Waals surface area (Å²) < 4.78 is 21.7. The minimum atomic E-state index is -0.509. The van der Waals surface area contributed by atoms with Crippen molar-refractivity contribution in [2.24, 2.45) is 5.92 Å². The van der Waals surface area contributed by atoms with E-state index in [-0.39, 0.29) is 17.7 Å². The molecule has 3 aromatic rings. The van der Waals surface area contributed by atoms with E-state index < -0.39 is 6.10 Å². The Balaban J connectivity index is 1.36. The molecule has 5 rings (SSSR count). The van der Waals surface area contributed by atoms with Gasteiger partial charge in [-0.1, -0.05) is 12.1 Å². The van der Waals surface area contributed by atoms with E-state index in [0.717, 1.165) is 42.5 Å². The molecule has 152 valence electrons. The first kappa shape index (κ1) is 18.6. The summed E-state index contributed by atoms with van der Waals surface area (Å²) in [5.74, 6) is 1.33. The van der Waals surface area contributed by atoms with Crippen molar-refractivity contribution in [1.29, 1.82) is 0 Å². The molecule has 0 spiro atoms. The van der Waals surface area contributed by atoms with Crippen LogP contribution in [0.15, 0.2) is 42.9 Å². The van der Waals surface area contributed by atoms with Gasteiger partial charge in [-0.25, -0.2) is 9.37 Å². The predicted octanol–water partition coefficient (Wildman–Crippen LogP) is 5.37. The van der Waals surface area contributed by atoms with E-state index in [9.17, 15) is 9.50 Å². The lowest BCUT2D eigenvalue weighted by atomic mass is 9.75. The number of hydrogen-bond donors (Lipinski definition) is 1. The molecule has 2 saturated carbocycles. The van der Waals surface area contributed by atoms with Crippen molar-refractivity contribution in [3.8, 4) is 5.75 Å². The second kappa shape index (κ2) is 7.45. The minimum Gasteiger partial charge on any atom is -0.497 e. The van der Waals surface area contributed by atoms with Crippen molar-refractivity contribution in [3.63, 3.8) is 0 Å². The maximum Gasteiger partial charge on any atom is 0.130 e. The molecular weight excluding hydrogens is 367 g/mol. The van der Waals surface area contributed by atoms with Crippen LogP contribution in [-0.2, 0) is 0 Å². The van der Waals surface area contributed by atoms with Crippen LogP contribution in [0.25, 0.3) is 5.52 Å². The first-order valence-electron chi connectivity index (χ1n) is 10.6. The van der Waals surface area contributed by atoms with Gasteiger partial charge in [-0.2, -0.15) is 0 Å². The van der Waals surface area contributed by atoms with Crippen molar-refractivity contribution in [2.45, 2.75) is 56.5 Å². The Bertz CT molecular complexity index is 1020. The molecule has 1 atom stereocenters. The lowest BCUT2D eigenvalue weighted by Gasteiger charge is -2.33. The third kappa shape index (κ3) is 3.42. The number of nitrogens with zero attached hydrogens (tertiary/aromatic N) is 2. The second-order valence-corrected chi connectivity index (χ2v) is 8.58. The van der Waals surface area contributed by atoms with Crippen LogP contribution >= 0.6 is 0 Å². The number of imidazole rings is 1. The first-order chi connectivity index (χ1) is 14.2. The number of halogens is 1. The molecule has 0 amide bonds. The van der Waals surface area contributed by atoms with Crippen LogP contribution in [0, 0.1) is 11.7 Å². The smallest absolute Gasteiger partial charge is 0.130 e. The van der Waals surface area contributed by atoms with Crippen LogP contribution in [-0.4, -0.2) is 21.6 Å². The van der Waals surface area contributed by atoms with E-state index >= 15 is 0 Å². The topological polar surface area (TPSA) is 46.8 Å². The summed E-state index contributed by atoms with van der Waals surface area (Å²) in [6.45, 7) is 0. The average Bonchev–Trinajstić information content (AvgIpc) is 3.49. The highest BCUT2D eigenvalue weighted by atomic mass is 19.1. The van der Waals surface area contributed by atoms with Gasteiger partial charge in [0.25, 0.3) is 0 Å². The van der Waals surface area contributed by atoms with E-state index in [0.29, 0.717) is 11.7 Å². The maximum atomic E-state index is 14.5. The van der Waals surface area contributed by atoms with Crippen LogP contribution < -0.4 is 4.74 Å². The molecule has 1 N–H and O–H groups in total. The fourth-order valence-corrected chi connectivity index (χ4v) is 5.02. The molecule has 2 heterocycles. The van der Waals surface area contributed by atoms with Gasteiger partial charge in [0.2, 0.25) is 0 Å². The van der Waals surface area contributed by atoms with Crippen LogP contribution in [0.3, 0.4) is 0 Å². The number of pyridine rings is 1. The summed E-state index contributed by atoms with van der Waals surface area (Å²) in [7, 11) is 1.55. The summed E-state index contributed by atoms with van der Waals surface area (Å²) >= 11 is 0. The molecule has 2 aliphatic rings. The van der Waals surface area contributed by atoms with E-state index in [4.69, 9.17) is 4.74 Å². The third-order valence-corrected chi connectivity index (χ3v) is 6.82. The quantitative estimate of drug-likeness (QED) is 0.633. The van der Waals surface area contributed by atoms with E-state index in [1.807, 2.05) is 24.7 Å². The van der Waals surface area contributed by atoms with Crippen LogP contribution in [0.1, 0.15) is 73.3 Å². The first-order valence-corrected chi connectivity index (χ1v) is 10.6. The number of aromatic nitrogens is 2. The zero-order valence-electron chi connectivity index (χ0n) is 16.7. The van der Waals surface area contributed by atoms with Crippen molar-refractivity contribution in [1.82, 2.24) is 9.38 Å².